The number of hydrogen-bond acceptors (Lipinski definition) is 4. The van der Waals surface area contributed by atoms with Gasteiger partial charge in [0.25, 0.3) is 0 Å². The molecule has 0 atom stereocenters. The quantitative estimate of drug-likeness (QED) is 0.882. The Morgan fingerprint density at radius 1 is 1.18 bits per heavy atom. The first-order valence-electron chi connectivity index (χ1n) is 7.00. The largest absolute Gasteiger partial charge is 0.457 e. The van der Waals surface area contributed by atoms with Gasteiger partial charge in [-0.2, -0.15) is 0 Å². The molecule has 1 N–H and O–H groups in total. The summed E-state index contributed by atoms with van der Waals surface area (Å²) in [4.78, 5) is 24.7. The van der Waals surface area contributed by atoms with Gasteiger partial charge in [0.05, 0.1) is 11.3 Å². The smallest absolute Gasteiger partial charge is 0.338 e. The minimum absolute atomic E-state index is 0.0268. The Bertz CT molecular complexity index is 700. The zero-order chi connectivity index (χ0) is 15.4. The number of benzene rings is 2. The highest BCUT2D eigenvalue weighted by Crippen LogP contribution is 2.31. The number of carbonyl (C=O) groups is 2. The first-order valence-corrected chi connectivity index (χ1v) is 7.99. The van der Waals surface area contributed by atoms with Crippen molar-refractivity contribution in [3.05, 3.63) is 59.7 Å². The highest BCUT2D eigenvalue weighted by molar-refractivity contribution is 7.99. The Morgan fingerprint density at radius 3 is 2.82 bits per heavy atom. The number of hydrogen-bond donors (Lipinski definition) is 1. The van der Waals surface area contributed by atoms with E-state index in [2.05, 4.69) is 5.32 Å². The lowest BCUT2D eigenvalue weighted by molar-refractivity contribution is -0.115. The van der Waals surface area contributed by atoms with E-state index in [9.17, 15) is 9.59 Å². The molecule has 0 aromatic heterocycles. The molecule has 5 heteroatoms. The van der Waals surface area contributed by atoms with E-state index in [0.717, 1.165) is 16.2 Å². The van der Waals surface area contributed by atoms with Gasteiger partial charge in [-0.1, -0.05) is 30.3 Å². The normalized spacial score (nSPS) is 13.7. The molecule has 0 saturated carbocycles. The van der Waals surface area contributed by atoms with Gasteiger partial charge in [-0.15, -0.1) is 11.8 Å². The van der Waals surface area contributed by atoms with E-state index in [1.165, 1.54) is 0 Å². The molecule has 0 spiro atoms. The molecule has 4 nitrogen and oxygen atoms in total. The van der Waals surface area contributed by atoms with Crippen molar-refractivity contribution < 1.29 is 14.3 Å². The number of carbonyl (C=O) groups excluding carboxylic acids is 2. The van der Waals surface area contributed by atoms with Crippen molar-refractivity contribution in [1.82, 2.24) is 0 Å². The van der Waals surface area contributed by atoms with Gasteiger partial charge in [0.15, 0.2) is 0 Å². The lowest BCUT2D eigenvalue weighted by atomic mass is 10.2. The second kappa shape index (κ2) is 6.66. The standard InChI is InChI=1S/C17H15NO3S/c19-16-8-9-22-15-7-6-13(10-14(15)18-16)17(20)21-11-12-4-2-1-3-5-12/h1-7,10H,8-9,11H2,(H,18,19). The molecule has 0 radical (unpaired) electrons. The highest BCUT2D eigenvalue weighted by atomic mass is 32.2. The third kappa shape index (κ3) is 3.49. The molecule has 22 heavy (non-hydrogen) atoms. The molecule has 2 aromatic carbocycles. The van der Waals surface area contributed by atoms with Gasteiger partial charge in [-0.05, 0) is 23.8 Å². The van der Waals surface area contributed by atoms with E-state index >= 15 is 0 Å². The molecule has 2 aromatic rings. The van der Waals surface area contributed by atoms with Crippen LogP contribution in [-0.2, 0) is 16.1 Å². The van der Waals surface area contributed by atoms with Crippen molar-refractivity contribution in [3.63, 3.8) is 0 Å². The van der Waals surface area contributed by atoms with E-state index in [1.54, 1.807) is 23.9 Å². The van der Waals surface area contributed by atoms with Crippen LogP contribution >= 0.6 is 11.8 Å². The highest BCUT2D eigenvalue weighted by Gasteiger charge is 2.16. The van der Waals surface area contributed by atoms with Crippen LogP contribution in [-0.4, -0.2) is 17.6 Å². The fraction of sp³-hybridized carbons (Fsp3) is 0.176. The third-order valence-electron chi connectivity index (χ3n) is 3.29. The Balaban J connectivity index is 1.72. The Kier molecular flexibility index (Phi) is 4.44. The monoisotopic (exact) mass is 313 g/mol. The number of esters is 1. The van der Waals surface area contributed by atoms with Crippen molar-refractivity contribution >= 4 is 29.3 Å². The molecular weight excluding hydrogens is 298 g/mol. The van der Waals surface area contributed by atoms with Crippen molar-refractivity contribution in [2.45, 2.75) is 17.9 Å². The average Bonchev–Trinajstić information content (AvgIpc) is 2.73. The first kappa shape index (κ1) is 14.7. The third-order valence-corrected chi connectivity index (χ3v) is 4.36. The predicted molar refractivity (Wildman–Crippen MR) is 86.0 cm³/mol. The van der Waals surface area contributed by atoms with Crippen LogP contribution in [0.25, 0.3) is 0 Å². The van der Waals surface area contributed by atoms with Gasteiger partial charge in [-0.25, -0.2) is 4.79 Å². The fourth-order valence-electron chi connectivity index (χ4n) is 2.15. The van der Waals surface area contributed by atoms with E-state index < -0.39 is 5.97 Å². The maximum Gasteiger partial charge on any atom is 0.338 e. The van der Waals surface area contributed by atoms with Crippen LogP contribution in [0.3, 0.4) is 0 Å². The number of ether oxygens (including phenoxy) is 1. The van der Waals surface area contributed by atoms with Crippen LogP contribution in [0.5, 0.6) is 0 Å². The summed E-state index contributed by atoms with van der Waals surface area (Å²) in [6.45, 7) is 0.234. The molecule has 0 unspecified atom stereocenters. The van der Waals surface area contributed by atoms with Crippen molar-refractivity contribution in [2.24, 2.45) is 0 Å². The molecule has 0 bridgehead atoms. The second-order valence-corrected chi connectivity index (χ2v) is 6.06. The predicted octanol–water partition coefficient (Wildman–Crippen LogP) is 3.48. The number of amides is 1. The molecule has 1 aliphatic rings. The summed E-state index contributed by atoms with van der Waals surface area (Å²) in [6, 6.07) is 14.8. The molecule has 1 aliphatic heterocycles. The fourth-order valence-corrected chi connectivity index (χ4v) is 3.09. The molecule has 3 rings (SSSR count). The van der Waals surface area contributed by atoms with E-state index in [-0.39, 0.29) is 12.5 Å². The molecule has 112 valence electrons. The number of fused-ring (bicyclic) bond motifs is 1. The van der Waals surface area contributed by atoms with Gasteiger partial charge in [-0.3, -0.25) is 4.79 Å². The van der Waals surface area contributed by atoms with Gasteiger partial charge < -0.3 is 10.1 Å². The Morgan fingerprint density at radius 2 is 2.00 bits per heavy atom. The lowest BCUT2D eigenvalue weighted by Gasteiger charge is -2.09. The molecule has 0 fully saturated rings. The number of rotatable bonds is 3. The van der Waals surface area contributed by atoms with Crippen molar-refractivity contribution in [3.8, 4) is 0 Å². The zero-order valence-corrected chi connectivity index (χ0v) is 12.7. The molecule has 0 saturated heterocycles. The second-order valence-electron chi connectivity index (χ2n) is 4.92. The first-order chi connectivity index (χ1) is 10.7. The van der Waals surface area contributed by atoms with Gasteiger partial charge in [0.2, 0.25) is 5.91 Å². The SMILES string of the molecule is O=C1CCSc2ccc(C(=O)OCc3ccccc3)cc2N1. The van der Waals surface area contributed by atoms with E-state index in [0.29, 0.717) is 17.7 Å². The zero-order valence-electron chi connectivity index (χ0n) is 11.9. The summed E-state index contributed by atoms with van der Waals surface area (Å²) in [5, 5.41) is 2.82. The minimum Gasteiger partial charge on any atom is -0.457 e. The van der Waals surface area contributed by atoms with Crippen molar-refractivity contribution in [1.29, 1.82) is 0 Å². The molecule has 1 heterocycles. The molecular formula is C17H15NO3S. The van der Waals surface area contributed by atoms with Gasteiger partial charge in [0.1, 0.15) is 6.61 Å². The van der Waals surface area contributed by atoms with Crippen LogP contribution in [0.2, 0.25) is 0 Å². The number of thioether (sulfide) groups is 1. The van der Waals surface area contributed by atoms with Gasteiger partial charge >= 0.3 is 5.97 Å². The summed E-state index contributed by atoms with van der Waals surface area (Å²) in [7, 11) is 0. The summed E-state index contributed by atoms with van der Waals surface area (Å²) < 4.78 is 5.30. The van der Waals surface area contributed by atoms with Crippen LogP contribution in [0, 0.1) is 0 Å². The molecule has 0 aliphatic carbocycles. The summed E-state index contributed by atoms with van der Waals surface area (Å²) in [5.41, 5.74) is 2.06. The summed E-state index contributed by atoms with van der Waals surface area (Å²) in [5.74, 6) is 0.326. The topological polar surface area (TPSA) is 55.4 Å². The summed E-state index contributed by atoms with van der Waals surface area (Å²) in [6.07, 6.45) is 0.479. The Hall–Kier alpha value is -2.27. The summed E-state index contributed by atoms with van der Waals surface area (Å²) >= 11 is 1.61. The lowest BCUT2D eigenvalue weighted by Crippen LogP contribution is -2.11. The maximum atomic E-state index is 12.1. The van der Waals surface area contributed by atoms with Crippen molar-refractivity contribution in [2.75, 3.05) is 11.1 Å². The average molecular weight is 313 g/mol. The maximum absolute atomic E-state index is 12.1. The van der Waals surface area contributed by atoms with Gasteiger partial charge in [0, 0.05) is 17.1 Å². The van der Waals surface area contributed by atoms with E-state index in [4.69, 9.17) is 4.74 Å². The van der Waals surface area contributed by atoms with Crippen LogP contribution in [0.15, 0.2) is 53.4 Å². The minimum atomic E-state index is -0.393. The molecule has 1 amide bonds. The Labute approximate surface area is 132 Å². The van der Waals surface area contributed by atoms with Crippen LogP contribution < -0.4 is 5.32 Å². The van der Waals surface area contributed by atoms with Crippen LogP contribution in [0.1, 0.15) is 22.3 Å². The van der Waals surface area contributed by atoms with Crippen LogP contribution in [0.4, 0.5) is 5.69 Å². The number of anilines is 1. The van der Waals surface area contributed by atoms with E-state index in [1.807, 2.05) is 36.4 Å². The number of nitrogens with one attached hydrogen (secondary N) is 1.